The van der Waals surface area contributed by atoms with Crippen molar-refractivity contribution < 1.29 is 4.74 Å². The number of ether oxygens (including phenoxy) is 1. The van der Waals surface area contributed by atoms with E-state index in [1.54, 1.807) is 12.1 Å². The van der Waals surface area contributed by atoms with Gasteiger partial charge in [0.15, 0.2) is 0 Å². The summed E-state index contributed by atoms with van der Waals surface area (Å²) < 4.78 is 6.50. The molecular weight excluding hydrogens is 266 g/mol. The van der Waals surface area contributed by atoms with E-state index in [-0.39, 0.29) is 5.41 Å². The number of hydrogen-bond acceptors (Lipinski definition) is 2. The van der Waals surface area contributed by atoms with E-state index in [1.165, 1.54) is 0 Å². The van der Waals surface area contributed by atoms with Crippen molar-refractivity contribution in [2.45, 2.75) is 27.2 Å². The van der Waals surface area contributed by atoms with Gasteiger partial charge in [0.1, 0.15) is 5.75 Å². The van der Waals surface area contributed by atoms with Crippen molar-refractivity contribution in [2.75, 3.05) is 6.61 Å². The van der Waals surface area contributed by atoms with E-state index in [2.05, 4.69) is 42.8 Å². The van der Waals surface area contributed by atoms with E-state index in [0.717, 1.165) is 16.6 Å². The zero-order valence-electron chi connectivity index (χ0n) is 9.88. The van der Waals surface area contributed by atoms with Gasteiger partial charge in [0.2, 0.25) is 0 Å². The Balaban J connectivity index is 2.61. The molecule has 0 saturated heterocycles. The largest absolute Gasteiger partial charge is 0.493 e. The Morgan fingerprint density at radius 2 is 2.00 bits per heavy atom. The molecule has 1 rings (SSSR count). The molecule has 1 aromatic carbocycles. The van der Waals surface area contributed by atoms with Crippen LogP contribution in [-0.4, -0.2) is 6.61 Å². The molecule has 86 valence electrons. The Labute approximate surface area is 105 Å². The normalized spacial score (nSPS) is 10.9. The van der Waals surface area contributed by atoms with Gasteiger partial charge in [-0.25, -0.2) is 0 Å². The molecule has 0 spiro atoms. The predicted octanol–water partition coefficient (Wildman–Crippen LogP) is 4.14. The zero-order valence-corrected chi connectivity index (χ0v) is 11.5. The van der Waals surface area contributed by atoms with Gasteiger partial charge in [0.05, 0.1) is 18.2 Å². The second kappa shape index (κ2) is 5.36. The van der Waals surface area contributed by atoms with Crippen LogP contribution in [0.15, 0.2) is 22.7 Å². The molecule has 0 fully saturated rings. The van der Waals surface area contributed by atoms with Crippen molar-refractivity contribution in [2.24, 2.45) is 5.41 Å². The summed E-state index contributed by atoms with van der Waals surface area (Å²) in [5.41, 5.74) is 0.879. The zero-order chi connectivity index (χ0) is 12.2. The van der Waals surface area contributed by atoms with Crippen molar-refractivity contribution in [1.29, 1.82) is 5.26 Å². The van der Waals surface area contributed by atoms with Gasteiger partial charge in [-0.2, -0.15) is 5.26 Å². The number of nitriles is 1. The van der Waals surface area contributed by atoms with Crippen molar-refractivity contribution in [3.63, 3.8) is 0 Å². The van der Waals surface area contributed by atoms with Gasteiger partial charge < -0.3 is 4.74 Å². The first-order valence-corrected chi connectivity index (χ1v) is 6.03. The van der Waals surface area contributed by atoms with Crippen molar-refractivity contribution in [3.05, 3.63) is 28.2 Å². The summed E-state index contributed by atoms with van der Waals surface area (Å²) in [6.45, 7) is 7.21. The second-order valence-electron chi connectivity index (χ2n) is 4.95. The lowest BCUT2D eigenvalue weighted by atomic mass is 9.93. The Morgan fingerprint density at radius 3 is 2.56 bits per heavy atom. The van der Waals surface area contributed by atoms with Crippen LogP contribution in [-0.2, 0) is 0 Å². The van der Waals surface area contributed by atoms with Crippen LogP contribution >= 0.6 is 15.9 Å². The highest BCUT2D eigenvalue weighted by Crippen LogP contribution is 2.23. The average Bonchev–Trinajstić information content (AvgIpc) is 2.14. The van der Waals surface area contributed by atoms with E-state index in [4.69, 9.17) is 10.00 Å². The number of nitrogens with zero attached hydrogens (tertiary/aromatic N) is 1. The molecule has 0 unspecified atom stereocenters. The smallest absolute Gasteiger partial charge is 0.121 e. The average molecular weight is 282 g/mol. The van der Waals surface area contributed by atoms with Gasteiger partial charge in [-0.05, 0) is 30.0 Å². The summed E-state index contributed by atoms with van der Waals surface area (Å²) in [7, 11) is 0. The minimum Gasteiger partial charge on any atom is -0.493 e. The van der Waals surface area contributed by atoms with E-state index < -0.39 is 0 Å². The molecule has 0 amide bonds. The molecule has 0 heterocycles. The van der Waals surface area contributed by atoms with Gasteiger partial charge in [0, 0.05) is 4.47 Å². The number of rotatable bonds is 3. The van der Waals surface area contributed by atoms with Crippen LogP contribution in [0.4, 0.5) is 0 Å². The minimum atomic E-state index is 0.268. The molecule has 0 atom stereocenters. The SMILES string of the molecule is CC(C)(C)CCOc1cc(Br)cc(C#N)c1. The summed E-state index contributed by atoms with van der Waals surface area (Å²) in [5, 5.41) is 8.81. The Hall–Kier alpha value is -1.01. The highest BCUT2D eigenvalue weighted by atomic mass is 79.9. The van der Waals surface area contributed by atoms with Gasteiger partial charge in [-0.3, -0.25) is 0 Å². The summed E-state index contributed by atoms with van der Waals surface area (Å²) >= 11 is 3.35. The molecule has 3 heteroatoms. The number of halogens is 1. The molecule has 1 aromatic rings. The molecule has 16 heavy (non-hydrogen) atoms. The molecule has 0 aliphatic heterocycles. The summed E-state index contributed by atoms with van der Waals surface area (Å²) in [6.07, 6.45) is 0.988. The van der Waals surface area contributed by atoms with Crippen LogP contribution in [0.5, 0.6) is 5.75 Å². The quantitative estimate of drug-likeness (QED) is 0.834. The Kier molecular flexibility index (Phi) is 4.37. The van der Waals surface area contributed by atoms with Crippen LogP contribution < -0.4 is 4.74 Å². The standard InChI is InChI=1S/C13H16BrNO/c1-13(2,3)4-5-16-12-7-10(9-15)6-11(14)8-12/h6-8H,4-5H2,1-3H3. The Morgan fingerprint density at radius 1 is 1.31 bits per heavy atom. The van der Waals surface area contributed by atoms with Crippen LogP contribution in [0, 0.1) is 16.7 Å². The van der Waals surface area contributed by atoms with E-state index in [9.17, 15) is 0 Å². The fourth-order valence-electron chi connectivity index (χ4n) is 1.19. The first-order chi connectivity index (χ1) is 7.40. The lowest BCUT2D eigenvalue weighted by molar-refractivity contribution is 0.243. The number of benzene rings is 1. The molecular formula is C13H16BrNO. The third-order valence-electron chi connectivity index (χ3n) is 2.12. The molecule has 0 radical (unpaired) electrons. The van der Waals surface area contributed by atoms with E-state index in [1.807, 2.05) is 6.07 Å². The summed E-state index contributed by atoms with van der Waals surface area (Å²) in [4.78, 5) is 0. The second-order valence-corrected chi connectivity index (χ2v) is 5.86. The predicted molar refractivity (Wildman–Crippen MR) is 68.4 cm³/mol. The van der Waals surface area contributed by atoms with Crippen LogP contribution in [0.2, 0.25) is 0 Å². The highest BCUT2D eigenvalue weighted by Gasteiger charge is 2.10. The highest BCUT2D eigenvalue weighted by molar-refractivity contribution is 9.10. The lowest BCUT2D eigenvalue weighted by Gasteiger charge is -2.18. The fourth-order valence-corrected chi connectivity index (χ4v) is 1.66. The fraction of sp³-hybridized carbons (Fsp3) is 0.462. The van der Waals surface area contributed by atoms with Crippen molar-refractivity contribution in [3.8, 4) is 11.8 Å². The van der Waals surface area contributed by atoms with Gasteiger partial charge >= 0.3 is 0 Å². The molecule has 2 nitrogen and oxygen atoms in total. The first kappa shape index (κ1) is 13.1. The molecule has 0 aliphatic rings. The number of hydrogen-bond donors (Lipinski definition) is 0. The summed E-state index contributed by atoms with van der Waals surface area (Å²) in [6, 6.07) is 7.52. The van der Waals surface area contributed by atoms with Crippen molar-refractivity contribution in [1.82, 2.24) is 0 Å². The molecule has 0 N–H and O–H groups in total. The lowest BCUT2D eigenvalue weighted by Crippen LogP contribution is -2.11. The third-order valence-corrected chi connectivity index (χ3v) is 2.58. The first-order valence-electron chi connectivity index (χ1n) is 5.24. The van der Waals surface area contributed by atoms with E-state index in [0.29, 0.717) is 12.2 Å². The molecule has 0 aromatic heterocycles. The van der Waals surface area contributed by atoms with E-state index >= 15 is 0 Å². The minimum absolute atomic E-state index is 0.268. The van der Waals surface area contributed by atoms with Gasteiger partial charge in [-0.15, -0.1) is 0 Å². The van der Waals surface area contributed by atoms with Crippen LogP contribution in [0.1, 0.15) is 32.8 Å². The van der Waals surface area contributed by atoms with Gasteiger partial charge in [-0.1, -0.05) is 36.7 Å². The topological polar surface area (TPSA) is 33.0 Å². The van der Waals surface area contributed by atoms with Crippen molar-refractivity contribution >= 4 is 15.9 Å². The monoisotopic (exact) mass is 281 g/mol. The summed E-state index contributed by atoms with van der Waals surface area (Å²) in [5.74, 6) is 0.746. The van der Waals surface area contributed by atoms with Crippen LogP contribution in [0.25, 0.3) is 0 Å². The van der Waals surface area contributed by atoms with Gasteiger partial charge in [0.25, 0.3) is 0 Å². The molecule has 0 bridgehead atoms. The maximum atomic E-state index is 8.81. The Bertz CT molecular complexity index is 401. The maximum absolute atomic E-state index is 8.81. The van der Waals surface area contributed by atoms with Crippen LogP contribution in [0.3, 0.4) is 0 Å². The molecule has 0 aliphatic carbocycles. The molecule has 0 saturated carbocycles. The maximum Gasteiger partial charge on any atom is 0.121 e. The third kappa shape index (κ3) is 4.67.